The Morgan fingerprint density at radius 2 is 0.949 bits per heavy atom. The Balaban J connectivity index is 0.000000187. The minimum Gasteiger partial charge on any atom is -0.444 e. The van der Waals surface area contributed by atoms with E-state index in [9.17, 15) is 28.8 Å². The van der Waals surface area contributed by atoms with Gasteiger partial charge in [0.05, 0.1) is 34.5 Å². The molecule has 8 N–H and O–H groups in total. The SMILES string of the molecule is CC(C)(C)OC(=O)N1CCCNCC1.CCc1nc2c(cnn2CC)c(NC2CCOCC2)c1CNC(=O)c1cccc(C(=O)NCc2cc(-c3cccc(C=O)c3)ccc2C)c1.CCc1nc2c(cnn2CC)c(NC2CCOCC2)c1CNC(=O)c1cccc(C(=O)NCc2cc(-c3cccc(CN4CCCNCC4)c3)ccc2C)c1. The van der Waals surface area contributed by atoms with E-state index in [1.54, 1.807) is 59.5 Å². The van der Waals surface area contributed by atoms with Crippen LogP contribution in [-0.2, 0) is 72.9 Å². The Morgan fingerprint density at radius 1 is 0.508 bits per heavy atom. The number of fused-ring (bicyclic) bond motifs is 2. The zero-order chi connectivity index (χ0) is 83.1. The number of aryl methyl sites for hydroxylation is 6. The first-order valence-electron chi connectivity index (χ1n) is 42.0. The monoisotopic (exact) mass is 1600 g/mol. The van der Waals surface area contributed by atoms with Gasteiger partial charge in [-0.1, -0.05) is 86.6 Å². The lowest BCUT2D eigenvalue weighted by molar-refractivity contribution is 0.0262. The summed E-state index contributed by atoms with van der Waals surface area (Å²) in [5, 5.41) is 37.6. The van der Waals surface area contributed by atoms with Crippen molar-refractivity contribution in [3.63, 3.8) is 0 Å². The van der Waals surface area contributed by atoms with Gasteiger partial charge in [0.25, 0.3) is 23.6 Å². The molecular formula is C93H116N16O9. The number of carbonyl (C=O) groups excluding carboxylic acids is 6. The second-order valence-electron chi connectivity index (χ2n) is 31.6. The van der Waals surface area contributed by atoms with Gasteiger partial charge in [-0.2, -0.15) is 10.2 Å². The standard InChI is InChI=1S/C44H54N8O3.C39H42N6O4.C10H20N2O2/c1-4-40-38(41(49-37-15-21-55-22-16-37)39-28-48-52(5-2)42(39)50-40)27-47-44(54)35-12-7-11-34(25-35)43(53)46-26-36-24-33(14-13-30(36)3)32-10-6-9-31(23-32)29-51-19-8-17-45-18-20-51;1-4-35-33(36(43-32-14-16-49-17-15-32)34-23-42-45(5-2)37(34)44-35)22-41-39(48)30-11-7-10-29(20-30)38(47)40-21-31-19-28(13-12-25(31)3)27-9-6-8-26(18-27)24-46;1-10(2,3)14-9(13)12-7-4-5-11-6-8-12/h6-7,9-14,23-25,28,37,45H,4-5,8,15-22,26-27,29H2,1-3H3,(H,46,53)(H,47,54)(H,49,50);6-13,18-20,23-24,32H,4-5,14-17,21-22H2,1-3H3,(H,40,47)(H,41,48)(H,43,44);11H,4-8H2,1-3H3. The van der Waals surface area contributed by atoms with Crippen molar-refractivity contribution < 1.29 is 43.0 Å². The van der Waals surface area contributed by atoms with Gasteiger partial charge in [-0.3, -0.25) is 28.9 Å². The number of ether oxygens (including phenoxy) is 3. The highest BCUT2D eigenvalue weighted by molar-refractivity contribution is 6.01. The molecule has 0 atom stereocenters. The summed E-state index contributed by atoms with van der Waals surface area (Å²) in [6, 6.07) is 42.8. The molecule has 5 amide bonds. The van der Waals surface area contributed by atoms with Crippen LogP contribution in [0.1, 0.15) is 189 Å². The number of rotatable bonds is 25. The van der Waals surface area contributed by atoms with Crippen LogP contribution in [0, 0.1) is 13.8 Å². The van der Waals surface area contributed by atoms with Crippen LogP contribution in [0.4, 0.5) is 16.2 Å². The number of hydrogen-bond donors (Lipinski definition) is 8. The molecule has 118 heavy (non-hydrogen) atoms. The summed E-state index contributed by atoms with van der Waals surface area (Å²) in [5.41, 5.74) is 18.8. The smallest absolute Gasteiger partial charge is 0.410 e. The minimum atomic E-state index is -0.392. The molecule has 4 aromatic heterocycles. The number of nitrogens with zero attached hydrogens (tertiary/aromatic N) is 8. The van der Waals surface area contributed by atoms with Crippen molar-refractivity contribution in [1.82, 2.24) is 71.2 Å². The second kappa shape index (κ2) is 41.8. The van der Waals surface area contributed by atoms with Crippen LogP contribution < -0.4 is 42.5 Å². The number of aromatic nitrogens is 6. The number of nitrogens with one attached hydrogen (secondary N) is 8. The number of carbonyl (C=O) groups is 6. The predicted octanol–water partition coefficient (Wildman–Crippen LogP) is 13.7. The maximum absolute atomic E-state index is 13.6. The lowest BCUT2D eigenvalue weighted by Crippen LogP contribution is -2.38. The van der Waals surface area contributed by atoms with E-state index in [1.165, 1.54) is 17.5 Å². The topological polar surface area (TPSA) is 294 Å². The molecule has 0 spiro atoms. The van der Waals surface area contributed by atoms with Gasteiger partial charge in [-0.05, 0) is 230 Å². The number of anilines is 2. The number of pyridine rings is 2. The summed E-state index contributed by atoms with van der Waals surface area (Å²) in [6.45, 7) is 32.1. The van der Waals surface area contributed by atoms with Crippen molar-refractivity contribution in [2.75, 3.05) is 89.4 Å². The Morgan fingerprint density at radius 3 is 1.42 bits per heavy atom. The van der Waals surface area contributed by atoms with Crippen molar-refractivity contribution in [3.05, 3.63) is 224 Å². The third-order valence-corrected chi connectivity index (χ3v) is 22.0. The molecule has 0 radical (unpaired) electrons. The predicted molar refractivity (Wildman–Crippen MR) is 464 cm³/mol. The fourth-order valence-electron chi connectivity index (χ4n) is 15.3. The third kappa shape index (κ3) is 22.9. The first-order chi connectivity index (χ1) is 57.3. The van der Waals surface area contributed by atoms with Gasteiger partial charge >= 0.3 is 6.09 Å². The highest BCUT2D eigenvalue weighted by atomic mass is 16.6. The molecule has 4 fully saturated rings. The summed E-state index contributed by atoms with van der Waals surface area (Å²) in [7, 11) is 0. The molecule has 10 aromatic rings. The molecule has 14 rings (SSSR count). The van der Waals surface area contributed by atoms with E-state index in [0.717, 1.165) is 192 Å². The van der Waals surface area contributed by atoms with Gasteiger partial charge in [0.1, 0.15) is 11.9 Å². The van der Waals surface area contributed by atoms with Crippen LogP contribution in [0.3, 0.4) is 0 Å². The zero-order valence-electron chi connectivity index (χ0n) is 69.9. The molecule has 25 nitrogen and oxygen atoms in total. The molecule has 622 valence electrons. The summed E-state index contributed by atoms with van der Waals surface area (Å²) in [6.07, 6.45) is 11.5. The van der Waals surface area contributed by atoms with E-state index in [0.29, 0.717) is 99.8 Å². The average molecular weight is 1600 g/mol. The second-order valence-corrected chi connectivity index (χ2v) is 31.6. The molecule has 0 bridgehead atoms. The van der Waals surface area contributed by atoms with Gasteiger partial charge in [-0.25, -0.2) is 24.1 Å². The third-order valence-electron chi connectivity index (χ3n) is 22.0. The van der Waals surface area contributed by atoms with Crippen molar-refractivity contribution >= 4 is 69.4 Å². The fraction of sp³-hybridized carbons (Fsp3) is 0.419. The maximum Gasteiger partial charge on any atom is 0.410 e. The van der Waals surface area contributed by atoms with E-state index in [1.807, 2.05) is 92.8 Å². The Labute approximate surface area is 692 Å². The van der Waals surface area contributed by atoms with Crippen LogP contribution in [-0.4, -0.2) is 172 Å². The molecule has 8 heterocycles. The molecular weight excluding hydrogens is 1490 g/mol. The molecule has 0 unspecified atom stereocenters. The van der Waals surface area contributed by atoms with Crippen molar-refractivity contribution in [2.45, 2.75) is 177 Å². The van der Waals surface area contributed by atoms with Crippen LogP contribution in [0.25, 0.3) is 44.3 Å². The Kier molecular flexibility index (Phi) is 30.5. The quantitative estimate of drug-likeness (QED) is 0.0247. The molecule has 4 aliphatic rings. The molecule has 25 heteroatoms. The Hall–Kier alpha value is -11.2. The highest BCUT2D eigenvalue weighted by Crippen LogP contribution is 2.35. The summed E-state index contributed by atoms with van der Waals surface area (Å²) >= 11 is 0. The van der Waals surface area contributed by atoms with Crippen LogP contribution in [0.15, 0.2) is 146 Å². The summed E-state index contributed by atoms with van der Waals surface area (Å²) < 4.78 is 20.3. The summed E-state index contributed by atoms with van der Waals surface area (Å²) in [5.74, 6) is -1.04. The van der Waals surface area contributed by atoms with Crippen LogP contribution in [0.5, 0.6) is 0 Å². The number of benzene rings is 6. The first-order valence-corrected chi connectivity index (χ1v) is 42.0. The van der Waals surface area contributed by atoms with Gasteiger partial charge in [-0.15, -0.1) is 0 Å². The van der Waals surface area contributed by atoms with Crippen molar-refractivity contribution in [3.8, 4) is 22.3 Å². The number of amides is 5. The minimum absolute atomic E-state index is 0.193. The van der Waals surface area contributed by atoms with Gasteiger partial charge in [0.15, 0.2) is 11.3 Å². The lowest BCUT2D eigenvalue weighted by Gasteiger charge is -2.26. The Bertz CT molecular complexity index is 5120. The van der Waals surface area contributed by atoms with E-state index in [4.69, 9.17) is 24.2 Å². The van der Waals surface area contributed by atoms with Crippen LogP contribution in [0.2, 0.25) is 0 Å². The van der Waals surface area contributed by atoms with Gasteiger partial charge in [0, 0.05) is 167 Å². The molecule has 4 saturated heterocycles. The maximum atomic E-state index is 13.6. The van der Waals surface area contributed by atoms with E-state index >= 15 is 0 Å². The molecule has 0 aliphatic carbocycles. The van der Waals surface area contributed by atoms with Crippen LogP contribution >= 0.6 is 0 Å². The summed E-state index contributed by atoms with van der Waals surface area (Å²) in [4.78, 5) is 91.1. The van der Waals surface area contributed by atoms with E-state index in [-0.39, 0.29) is 48.4 Å². The van der Waals surface area contributed by atoms with Gasteiger partial charge < -0.3 is 61.6 Å². The number of hydrogen-bond acceptors (Lipinski definition) is 18. The molecule has 6 aromatic carbocycles. The zero-order valence-corrected chi connectivity index (χ0v) is 69.9. The lowest BCUT2D eigenvalue weighted by atomic mass is 9.98. The highest BCUT2D eigenvalue weighted by Gasteiger charge is 2.27. The first kappa shape index (κ1) is 86.1. The van der Waals surface area contributed by atoms with Gasteiger partial charge in [0.2, 0.25) is 0 Å². The normalized spacial score (nSPS) is 15.0. The molecule has 4 aliphatic heterocycles. The molecule has 0 saturated carbocycles. The average Bonchev–Trinajstić information content (AvgIpc) is 1.60. The number of aldehydes is 1. The largest absolute Gasteiger partial charge is 0.444 e. The fourth-order valence-corrected chi connectivity index (χ4v) is 15.3. The van der Waals surface area contributed by atoms with E-state index < -0.39 is 5.60 Å². The van der Waals surface area contributed by atoms with Crippen molar-refractivity contribution in [2.24, 2.45) is 0 Å². The van der Waals surface area contributed by atoms with Crippen molar-refractivity contribution in [1.29, 1.82) is 0 Å². The van der Waals surface area contributed by atoms with E-state index in [2.05, 4.69) is 128 Å².